The first kappa shape index (κ1) is 14.3. The van der Waals surface area contributed by atoms with Gasteiger partial charge in [-0.1, -0.05) is 54.6 Å². The second kappa shape index (κ2) is 6.42. The van der Waals surface area contributed by atoms with Crippen LogP contribution < -0.4 is 9.47 Å². The number of hydrogen-bond acceptors (Lipinski definition) is 3. The normalized spacial score (nSPS) is 10.5. The number of hydrogen-bond donors (Lipinski definition) is 0. The van der Waals surface area contributed by atoms with Crippen molar-refractivity contribution in [2.24, 2.45) is 0 Å². The first-order valence-electron chi connectivity index (χ1n) is 7.74. The lowest BCUT2D eigenvalue weighted by Crippen LogP contribution is -1.93. The summed E-state index contributed by atoms with van der Waals surface area (Å²) in [5.74, 6) is 2.52. The molecule has 0 aliphatic carbocycles. The van der Waals surface area contributed by atoms with Crippen LogP contribution in [0, 0.1) is 0 Å². The molecular formula is C21H15NO2. The number of rotatable bonds is 4. The Morgan fingerprint density at radius 3 is 1.88 bits per heavy atom. The standard InChI is InChI=1S/C21H15NO2/c1-3-10-17(11-4-1)23-20-15-16-9-7-8-14-19(16)21(22-20)24-18-12-5-2-6-13-18/h1-15H. The van der Waals surface area contributed by atoms with Crippen LogP contribution >= 0.6 is 0 Å². The maximum Gasteiger partial charge on any atom is 0.230 e. The largest absolute Gasteiger partial charge is 0.439 e. The van der Waals surface area contributed by atoms with Gasteiger partial charge in [-0.2, -0.15) is 4.98 Å². The molecule has 24 heavy (non-hydrogen) atoms. The second-order valence-electron chi connectivity index (χ2n) is 5.32. The van der Waals surface area contributed by atoms with Gasteiger partial charge in [-0.15, -0.1) is 0 Å². The van der Waals surface area contributed by atoms with Crippen molar-refractivity contribution < 1.29 is 9.47 Å². The topological polar surface area (TPSA) is 31.4 Å². The summed E-state index contributed by atoms with van der Waals surface area (Å²) < 4.78 is 11.9. The van der Waals surface area contributed by atoms with Crippen LogP contribution in [0.25, 0.3) is 10.8 Å². The Morgan fingerprint density at radius 2 is 1.17 bits per heavy atom. The molecule has 1 aromatic heterocycles. The van der Waals surface area contributed by atoms with E-state index in [0.29, 0.717) is 11.8 Å². The number of aromatic nitrogens is 1. The molecule has 0 saturated heterocycles. The highest BCUT2D eigenvalue weighted by Crippen LogP contribution is 2.32. The molecule has 0 atom stereocenters. The zero-order valence-corrected chi connectivity index (χ0v) is 12.9. The molecule has 116 valence electrons. The molecule has 4 aromatic rings. The van der Waals surface area contributed by atoms with E-state index in [9.17, 15) is 0 Å². The zero-order valence-electron chi connectivity index (χ0n) is 12.9. The molecule has 0 fully saturated rings. The Morgan fingerprint density at radius 1 is 0.583 bits per heavy atom. The minimum atomic E-state index is 0.505. The van der Waals surface area contributed by atoms with Gasteiger partial charge in [-0.25, -0.2) is 0 Å². The van der Waals surface area contributed by atoms with E-state index in [1.54, 1.807) is 0 Å². The highest BCUT2D eigenvalue weighted by Gasteiger charge is 2.09. The van der Waals surface area contributed by atoms with Crippen LogP contribution in [0.5, 0.6) is 23.3 Å². The van der Waals surface area contributed by atoms with Crippen LogP contribution in [-0.4, -0.2) is 4.98 Å². The van der Waals surface area contributed by atoms with E-state index in [2.05, 4.69) is 4.98 Å². The number of benzene rings is 3. The summed E-state index contributed by atoms with van der Waals surface area (Å²) in [5.41, 5.74) is 0. The van der Waals surface area contributed by atoms with Crippen LogP contribution in [0.3, 0.4) is 0 Å². The van der Waals surface area contributed by atoms with Crippen LogP contribution in [0.4, 0.5) is 0 Å². The van der Waals surface area contributed by atoms with Crippen LogP contribution in [0.1, 0.15) is 0 Å². The average molecular weight is 313 g/mol. The SMILES string of the molecule is c1ccc(Oc2cc3ccccc3c(Oc3ccccc3)n2)cc1. The third-order valence-corrected chi connectivity index (χ3v) is 3.61. The van der Waals surface area contributed by atoms with E-state index in [1.807, 2.05) is 91.0 Å². The molecule has 0 radical (unpaired) electrons. The highest BCUT2D eigenvalue weighted by molar-refractivity contribution is 5.88. The van der Waals surface area contributed by atoms with Gasteiger partial charge in [0.15, 0.2) is 0 Å². The van der Waals surface area contributed by atoms with E-state index >= 15 is 0 Å². The fraction of sp³-hybridized carbons (Fsp3) is 0. The zero-order chi connectivity index (χ0) is 16.2. The van der Waals surface area contributed by atoms with Crippen molar-refractivity contribution >= 4 is 10.8 Å². The highest BCUT2D eigenvalue weighted by atomic mass is 16.5. The summed E-state index contributed by atoms with van der Waals surface area (Å²) in [4.78, 5) is 4.55. The number of pyridine rings is 1. The Bertz CT molecular complexity index is 953. The molecule has 0 amide bonds. The predicted molar refractivity (Wildman–Crippen MR) is 94.8 cm³/mol. The van der Waals surface area contributed by atoms with E-state index in [1.165, 1.54) is 0 Å². The summed E-state index contributed by atoms with van der Waals surface area (Å²) in [5, 5.41) is 1.96. The van der Waals surface area contributed by atoms with Gasteiger partial charge in [-0.3, -0.25) is 0 Å². The minimum Gasteiger partial charge on any atom is -0.439 e. The molecule has 4 rings (SSSR count). The van der Waals surface area contributed by atoms with Gasteiger partial charge >= 0.3 is 0 Å². The van der Waals surface area contributed by atoms with Crippen LogP contribution in [-0.2, 0) is 0 Å². The van der Waals surface area contributed by atoms with E-state index in [-0.39, 0.29) is 0 Å². The van der Waals surface area contributed by atoms with E-state index in [4.69, 9.17) is 9.47 Å². The van der Waals surface area contributed by atoms with Gasteiger partial charge in [0.05, 0.1) is 0 Å². The molecule has 0 unspecified atom stereocenters. The molecule has 0 bridgehead atoms. The monoisotopic (exact) mass is 313 g/mol. The summed E-state index contributed by atoms with van der Waals surface area (Å²) in [6, 6.07) is 29.1. The minimum absolute atomic E-state index is 0.505. The molecule has 0 N–H and O–H groups in total. The van der Waals surface area contributed by atoms with Crippen molar-refractivity contribution in [1.29, 1.82) is 0 Å². The smallest absolute Gasteiger partial charge is 0.230 e. The van der Waals surface area contributed by atoms with Crippen molar-refractivity contribution in [2.75, 3.05) is 0 Å². The van der Waals surface area contributed by atoms with Crippen molar-refractivity contribution in [1.82, 2.24) is 4.98 Å². The summed E-state index contributed by atoms with van der Waals surface area (Å²) in [6.07, 6.45) is 0. The van der Waals surface area contributed by atoms with Crippen LogP contribution in [0.2, 0.25) is 0 Å². The number of para-hydroxylation sites is 2. The molecule has 0 spiro atoms. The first-order chi connectivity index (χ1) is 11.9. The molecule has 0 saturated carbocycles. The van der Waals surface area contributed by atoms with Crippen molar-refractivity contribution in [3.63, 3.8) is 0 Å². The Balaban J connectivity index is 1.76. The molecule has 0 aliphatic heterocycles. The van der Waals surface area contributed by atoms with E-state index < -0.39 is 0 Å². The Kier molecular flexibility index (Phi) is 3.82. The summed E-state index contributed by atoms with van der Waals surface area (Å²) in [6.45, 7) is 0. The Labute approximate surface area is 140 Å². The molecule has 3 heteroatoms. The quantitative estimate of drug-likeness (QED) is 0.476. The molecule has 0 aliphatic rings. The third-order valence-electron chi connectivity index (χ3n) is 3.61. The van der Waals surface area contributed by atoms with Crippen LogP contribution in [0.15, 0.2) is 91.0 Å². The predicted octanol–water partition coefficient (Wildman–Crippen LogP) is 5.82. The third kappa shape index (κ3) is 3.06. The summed E-state index contributed by atoms with van der Waals surface area (Å²) in [7, 11) is 0. The maximum atomic E-state index is 5.98. The molecule has 3 nitrogen and oxygen atoms in total. The number of nitrogens with zero attached hydrogens (tertiary/aromatic N) is 1. The molecule has 1 heterocycles. The molecule has 3 aromatic carbocycles. The second-order valence-corrected chi connectivity index (χ2v) is 5.32. The van der Waals surface area contributed by atoms with E-state index in [0.717, 1.165) is 22.3 Å². The fourth-order valence-corrected chi connectivity index (χ4v) is 2.48. The van der Waals surface area contributed by atoms with Gasteiger partial charge in [0.25, 0.3) is 0 Å². The first-order valence-corrected chi connectivity index (χ1v) is 7.74. The van der Waals surface area contributed by atoms with Crippen molar-refractivity contribution in [3.8, 4) is 23.3 Å². The van der Waals surface area contributed by atoms with Crippen molar-refractivity contribution in [3.05, 3.63) is 91.0 Å². The molecular weight excluding hydrogens is 298 g/mol. The van der Waals surface area contributed by atoms with Gasteiger partial charge in [0, 0.05) is 11.5 Å². The van der Waals surface area contributed by atoms with Gasteiger partial charge in [0.1, 0.15) is 11.5 Å². The number of fused-ring (bicyclic) bond motifs is 1. The summed E-state index contributed by atoms with van der Waals surface area (Å²) >= 11 is 0. The lowest BCUT2D eigenvalue weighted by Gasteiger charge is -2.11. The van der Waals surface area contributed by atoms with Crippen molar-refractivity contribution in [2.45, 2.75) is 0 Å². The van der Waals surface area contributed by atoms with Gasteiger partial charge < -0.3 is 9.47 Å². The fourth-order valence-electron chi connectivity index (χ4n) is 2.48. The maximum absolute atomic E-state index is 5.98. The lowest BCUT2D eigenvalue weighted by atomic mass is 10.2. The lowest BCUT2D eigenvalue weighted by molar-refractivity contribution is 0.431. The van der Waals surface area contributed by atoms with Gasteiger partial charge in [0.2, 0.25) is 11.8 Å². The number of ether oxygens (including phenoxy) is 2. The van der Waals surface area contributed by atoms with Gasteiger partial charge in [-0.05, 0) is 35.7 Å². The average Bonchev–Trinajstić information content (AvgIpc) is 2.63. The Hall–Kier alpha value is -3.33.